The van der Waals surface area contributed by atoms with Crippen molar-refractivity contribution in [2.45, 2.75) is 59.0 Å². The summed E-state index contributed by atoms with van der Waals surface area (Å²) in [5, 5.41) is 19.8. The van der Waals surface area contributed by atoms with Crippen LogP contribution in [0.3, 0.4) is 0 Å². The van der Waals surface area contributed by atoms with Crippen LogP contribution >= 0.6 is 0 Å². The Hall–Kier alpha value is -2.93. The highest BCUT2D eigenvalue weighted by Crippen LogP contribution is 2.35. The number of carboxylic acids is 1. The maximum Gasteiger partial charge on any atom is 0.304 e. The molecule has 0 radical (unpaired) electrons. The molecular weight excluding hydrogens is 424 g/mol. The van der Waals surface area contributed by atoms with Gasteiger partial charge in [0.25, 0.3) is 0 Å². The first-order valence-corrected chi connectivity index (χ1v) is 11.3. The molecule has 0 amide bonds. The van der Waals surface area contributed by atoms with E-state index in [9.17, 15) is 19.5 Å². The van der Waals surface area contributed by atoms with Gasteiger partial charge in [-0.2, -0.15) is 0 Å². The first-order valence-electron chi connectivity index (χ1n) is 11.3. The molecule has 0 fully saturated rings. The lowest BCUT2D eigenvalue weighted by atomic mass is 9.77. The Morgan fingerprint density at radius 2 is 1.85 bits per heavy atom. The number of ketones is 2. The molecule has 1 aromatic rings. The lowest BCUT2D eigenvalue weighted by molar-refractivity contribution is -0.138. The second-order valence-corrected chi connectivity index (χ2v) is 9.01. The van der Waals surface area contributed by atoms with Crippen molar-refractivity contribution in [2.75, 3.05) is 13.2 Å². The third kappa shape index (κ3) is 6.78. The van der Waals surface area contributed by atoms with Crippen molar-refractivity contribution in [3.63, 3.8) is 0 Å². The lowest BCUT2D eigenvalue weighted by Gasteiger charge is -2.35. The molecule has 0 aromatic heterocycles. The summed E-state index contributed by atoms with van der Waals surface area (Å²) < 4.78 is 11.6. The molecule has 33 heavy (non-hydrogen) atoms. The zero-order valence-corrected chi connectivity index (χ0v) is 19.8. The summed E-state index contributed by atoms with van der Waals surface area (Å²) in [4.78, 5) is 35.7. The van der Waals surface area contributed by atoms with Crippen LogP contribution in [0.25, 0.3) is 0 Å². The molecule has 0 heterocycles. The Bertz CT molecular complexity index is 928. The molecule has 0 saturated carbocycles. The monoisotopic (exact) mass is 458 g/mol. The topological polar surface area (TPSA) is 110 Å². The van der Waals surface area contributed by atoms with Crippen LogP contribution in [0.1, 0.15) is 63.7 Å². The van der Waals surface area contributed by atoms with Gasteiger partial charge in [-0.1, -0.05) is 45.4 Å². The molecule has 1 aliphatic carbocycles. The van der Waals surface area contributed by atoms with Crippen LogP contribution < -0.4 is 4.74 Å². The van der Waals surface area contributed by atoms with E-state index in [-0.39, 0.29) is 18.0 Å². The van der Waals surface area contributed by atoms with Crippen molar-refractivity contribution in [3.05, 3.63) is 53.8 Å². The Morgan fingerprint density at radius 1 is 1.15 bits per heavy atom. The molecule has 1 aliphatic rings. The van der Waals surface area contributed by atoms with Crippen molar-refractivity contribution < 1.29 is 34.1 Å². The van der Waals surface area contributed by atoms with Crippen LogP contribution in [-0.4, -0.2) is 46.6 Å². The highest BCUT2D eigenvalue weighted by molar-refractivity contribution is 6.01. The number of allylic oxidation sites excluding steroid dienone is 2. The zero-order chi connectivity index (χ0) is 24.6. The standard InChI is InChI=1S/C26H34O7/c1-5-9-21-22(12-7-13-26(21,31)18(2)27)33-15-8-14-32-20-11-6-10-19(16-20)24(30)25(3,4)17-23(28)29/h6-7,10-13,16,21,31H,5,8-9,14-15,17H2,1-4H3,(H,28,29). The molecule has 2 unspecified atom stereocenters. The van der Waals surface area contributed by atoms with E-state index in [4.69, 9.17) is 14.6 Å². The molecule has 0 aliphatic heterocycles. The number of rotatable bonds is 13. The number of ether oxygens (including phenoxy) is 2. The molecule has 0 bridgehead atoms. The number of aliphatic hydroxyl groups is 1. The first-order chi connectivity index (χ1) is 15.5. The van der Waals surface area contributed by atoms with Crippen molar-refractivity contribution in [2.24, 2.45) is 11.3 Å². The normalized spacial score (nSPS) is 20.2. The highest BCUT2D eigenvalue weighted by atomic mass is 16.5. The average Bonchev–Trinajstić information content (AvgIpc) is 2.74. The van der Waals surface area contributed by atoms with Crippen LogP contribution in [0.2, 0.25) is 0 Å². The highest BCUT2D eigenvalue weighted by Gasteiger charge is 2.42. The Balaban J connectivity index is 1.90. The van der Waals surface area contributed by atoms with Gasteiger partial charge < -0.3 is 19.7 Å². The summed E-state index contributed by atoms with van der Waals surface area (Å²) in [6.07, 6.45) is 6.69. The molecule has 1 aromatic carbocycles. The maximum absolute atomic E-state index is 12.7. The number of hydrogen-bond donors (Lipinski definition) is 2. The van der Waals surface area contributed by atoms with Gasteiger partial charge in [-0.05, 0) is 37.6 Å². The minimum atomic E-state index is -1.54. The van der Waals surface area contributed by atoms with Gasteiger partial charge in [0.2, 0.25) is 0 Å². The van der Waals surface area contributed by atoms with Crippen molar-refractivity contribution in [1.82, 2.24) is 0 Å². The van der Waals surface area contributed by atoms with E-state index in [2.05, 4.69) is 0 Å². The van der Waals surface area contributed by atoms with Crippen LogP contribution in [0, 0.1) is 11.3 Å². The van der Waals surface area contributed by atoms with Gasteiger partial charge in [0.15, 0.2) is 17.2 Å². The van der Waals surface area contributed by atoms with Gasteiger partial charge in [-0.25, -0.2) is 0 Å². The van der Waals surface area contributed by atoms with Crippen molar-refractivity contribution in [1.29, 1.82) is 0 Å². The quantitative estimate of drug-likeness (QED) is 0.334. The number of aliphatic carboxylic acids is 1. The zero-order valence-electron chi connectivity index (χ0n) is 19.8. The predicted molar refractivity (Wildman–Crippen MR) is 124 cm³/mol. The summed E-state index contributed by atoms with van der Waals surface area (Å²) in [5.74, 6) is -0.895. The van der Waals surface area contributed by atoms with E-state index in [0.717, 1.165) is 6.42 Å². The van der Waals surface area contributed by atoms with E-state index < -0.39 is 22.9 Å². The fraction of sp³-hybridized carbons (Fsp3) is 0.500. The number of carbonyl (C=O) groups excluding carboxylic acids is 2. The molecule has 2 N–H and O–H groups in total. The van der Waals surface area contributed by atoms with E-state index in [0.29, 0.717) is 43.1 Å². The average molecular weight is 459 g/mol. The van der Waals surface area contributed by atoms with Crippen molar-refractivity contribution in [3.8, 4) is 5.75 Å². The van der Waals surface area contributed by atoms with Crippen LogP contribution in [0.4, 0.5) is 0 Å². The minimum absolute atomic E-state index is 0.253. The van der Waals surface area contributed by atoms with Crippen molar-refractivity contribution >= 4 is 17.5 Å². The van der Waals surface area contributed by atoms with Crippen LogP contribution in [0.5, 0.6) is 5.75 Å². The Labute approximate surface area is 195 Å². The SMILES string of the molecule is CCCC1C(OCCCOc2cccc(C(=O)C(C)(C)CC(=O)O)c2)=CC=CC1(O)C(C)=O. The molecule has 2 atom stereocenters. The third-order valence-corrected chi connectivity index (χ3v) is 5.76. The van der Waals surface area contributed by atoms with E-state index in [1.165, 1.54) is 13.0 Å². The summed E-state index contributed by atoms with van der Waals surface area (Å²) in [6, 6.07) is 6.70. The summed E-state index contributed by atoms with van der Waals surface area (Å²) >= 11 is 0. The molecule has 7 nitrogen and oxygen atoms in total. The predicted octanol–water partition coefficient (Wildman–Crippen LogP) is 4.35. The second-order valence-electron chi connectivity index (χ2n) is 9.01. The van der Waals surface area contributed by atoms with Gasteiger partial charge >= 0.3 is 5.97 Å². The number of carboxylic acid groups (broad SMARTS) is 1. The number of Topliss-reactive ketones (excluding diaryl/α,β-unsaturated/α-hetero) is 2. The van der Waals surface area contributed by atoms with Gasteiger partial charge in [0.1, 0.15) is 11.5 Å². The molecule has 2 rings (SSSR count). The minimum Gasteiger partial charge on any atom is -0.497 e. The Morgan fingerprint density at radius 3 is 2.48 bits per heavy atom. The molecule has 7 heteroatoms. The number of carbonyl (C=O) groups is 3. The van der Waals surface area contributed by atoms with Crippen LogP contribution in [0.15, 0.2) is 48.3 Å². The molecule has 180 valence electrons. The molecular formula is C26H34O7. The van der Waals surface area contributed by atoms with Gasteiger partial charge in [0, 0.05) is 17.4 Å². The molecule has 0 saturated heterocycles. The fourth-order valence-corrected chi connectivity index (χ4v) is 3.92. The summed E-state index contributed by atoms with van der Waals surface area (Å²) in [5.41, 5.74) is -2.16. The molecule has 0 spiro atoms. The van der Waals surface area contributed by atoms with E-state index in [1.54, 1.807) is 50.3 Å². The smallest absolute Gasteiger partial charge is 0.304 e. The summed E-state index contributed by atoms with van der Waals surface area (Å²) in [7, 11) is 0. The largest absolute Gasteiger partial charge is 0.497 e. The van der Waals surface area contributed by atoms with Gasteiger partial charge in [-0.3, -0.25) is 14.4 Å². The lowest BCUT2D eigenvalue weighted by Crippen LogP contribution is -2.45. The first kappa shape index (κ1) is 26.3. The van der Waals surface area contributed by atoms with E-state index in [1.807, 2.05) is 6.92 Å². The third-order valence-electron chi connectivity index (χ3n) is 5.76. The van der Waals surface area contributed by atoms with E-state index >= 15 is 0 Å². The Kier molecular flexibility index (Phi) is 8.99. The fourth-order valence-electron chi connectivity index (χ4n) is 3.92. The maximum atomic E-state index is 12.7. The second kappa shape index (κ2) is 11.3. The summed E-state index contributed by atoms with van der Waals surface area (Å²) in [6.45, 7) is 7.29. The number of hydrogen-bond acceptors (Lipinski definition) is 6. The van der Waals surface area contributed by atoms with Crippen LogP contribution in [-0.2, 0) is 14.3 Å². The number of benzene rings is 1. The van der Waals surface area contributed by atoms with Gasteiger partial charge in [0.05, 0.1) is 25.6 Å². The van der Waals surface area contributed by atoms with Gasteiger partial charge in [-0.15, -0.1) is 0 Å².